The number of rotatable bonds is 3. The van der Waals surface area contributed by atoms with Crippen molar-refractivity contribution in [1.82, 2.24) is 14.9 Å². The monoisotopic (exact) mass is 363 g/mol. The van der Waals surface area contributed by atoms with Crippen LogP contribution in [0.1, 0.15) is 37.6 Å². The number of halogens is 3. The van der Waals surface area contributed by atoms with Crippen LogP contribution in [0.15, 0.2) is 36.7 Å². The first kappa shape index (κ1) is 18.4. The van der Waals surface area contributed by atoms with Gasteiger partial charge in [-0.2, -0.15) is 13.2 Å². The highest BCUT2D eigenvalue weighted by Crippen LogP contribution is 2.27. The van der Waals surface area contributed by atoms with Crippen LogP contribution in [0, 0.1) is 0 Å². The van der Waals surface area contributed by atoms with Gasteiger partial charge in [0.25, 0.3) is 0 Å². The van der Waals surface area contributed by atoms with E-state index in [9.17, 15) is 18.0 Å². The van der Waals surface area contributed by atoms with Gasteiger partial charge in [-0.15, -0.1) is 0 Å². The third-order valence-electron chi connectivity index (χ3n) is 4.67. The van der Waals surface area contributed by atoms with Crippen molar-refractivity contribution in [3.63, 3.8) is 0 Å². The summed E-state index contributed by atoms with van der Waals surface area (Å²) in [5.74, 6) is -1.04. The van der Waals surface area contributed by atoms with Crippen LogP contribution in [0.4, 0.5) is 13.2 Å². The van der Waals surface area contributed by atoms with Gasteiger partial charge in [0, 0.05) is 30.5 Å². The molecule has 138 valence electrons. The fourth-order valence-electron chi connectivity index (χ4n) is 3.18. The van der Waals surface area contributed by atoms with Crippen LogP contribution in [0.5, 0.6) is 0 Å². The summed E-state index contributed by atoms with van der Waals surface area (Å²) in [5, 5.41) is 0. The lowest BCUT2D eigenvalue weighted by atomic mass is 10.0. The summed E-state index contributed by atoms with van der Waals surface area (Å²) in [4.78, 5) is 21.1. The largest absolute Gasteiger partial charge is 0.451 e. The Kier molecular flexibility index (Phi) is 5.25. The first-order valence-corrected chi connectivity index (χ1v) is 8.62. The SMILES string of the molecule is C[C@H]1CCCCN1C(=O)Cc1ccc(-c2cnc(C(F)(F)F)nc2)cc1. The topological polar surface area (TPSA) is 46.1 Å². The summed E-state index contributed by atoms with van der Waals surface area (Å²) < 4.78 is 37.5. The number of alkyl halides is 3. The number of hydrogen-bond acceptors (Lipinski definition) is 3. The molecule has 0 N–H and O–H groups in total. The quantitative estimate of drug-likeness (QED) is 0.825. The Morgan fingerprint density at radius 2 is 1.77 bits per heavy atom. The van der Waals surface area contributed by atoms with E-state index in [1.165, 1.54) is 0 Å². The molecule has 1 aliphatic rings. The lowest BCUT2D eigenvalue weighted by Crippen LogP contribution is -2.42. The number of hydrogen-bond donors (Lipinski definition) is 0. The second-order valence-electron chi connectivity index (χ2n) is 6.60. The van der Waals surface area contributed by atoms with Gasteiger partial charge in [-0.25, -0.2) is 9.97 Å². The average molecular weight is 363 g/mol. The van der Waals surface area contributed by atoms with Gasteiger partial charge in [-0.3, -0.25) is 4.79 Å². The Hall–Kier alpha value is -2.44. The zero-order chi connectivity index (χ0) is 18.7. The molecular formula is C19H20F3N3O. The van der Waals surface area contributed by atoms with Crippen LogP contribution in [0.25, 0.3) is 11.1 Å². The van der Waals surface area contributed by atoms with E-state index in [-0.39, 0.29) is 11.9 Å². The molecule has 1 saturated heterocycles. The smallest absolute Gasteiger partial charge is 0.340 e. The van der Waals surface area contributed by atoms with Crippen molar-refractivity contribution < 1.29 is 18.0 Å². The van der Waals surface area contributed by atoms with Gasteiger partial charge in [-0.05, 0) is 37.3 Å². The van der Waals surface area contributed by atoms with E-state index in [1.54, 1.807) is 12.1 Å². The molecule has 1 atom stereocenters. The molecule has 4 nitrogen and oxygen atoms in total. The van der Waals surface area contributed by atoms with Crippen molar-refractivity contribution in [3.8, 4) is 11.1 Å². The molecule has 1 aromatic carbocycles. The molecule has 0 spiro atoms. The van der Waals surface area contributed by atoms with Crippen molar-refractivity contribution in [3.05, 3.63) is 48.0 Å². The second-order valence-corrected chi connectivity index (χ2v) is 6.60. The average Bonchev–Trinajstić information content (AvgIpc) is 2.62. The Morgan fingerprint density at radius 3 is 2.35 bits per heavy atom. The van der Waals surface area contributed by atoms with Gasteiger partial charge >= 0.3 is 6.18 Å². The Morgan fingerprint density at radius 1 is 1.12 bits per heavy atom. The minimum Gasteiger partial charge on any atom is -0.340 e. The van der Waals surface area contributed by atoms with Crippen molar-refractivity contribution in [2.24, 2.45) is 0 Å². The van der Waals surface area contributed by atoms with E-state index in [1.807, 2.05) is 17.0 Å². The maximum Gasteiger partial charge on any atom is 0.451 e. The molecule has 1 amide bonds. The van der Waals surface area contributed by atoms with Crippen LogP contribution >= 0.6 is 0 Å². The molecule has 1 aromatic heterocycles. The number of amides is 1. The van der Waals surface area contributed by atoms with Crippen molar-refractivity contribution in [1.29, 1.82) is 0 Å². The van der Waals surface area contributed by atoms with Crippen LogP contribution in [-0.4, -0.2) is 33.4 Å². The normalized spacial score (nSPS) is 18.0. The number of carbonyl (C=O) groups excluding carboxylic acids is 1. The van der Waals surface area contributed by atoms with Crippen LogP contribution in [0.2, 0.25) is 0 Å². The third kappa shape index (κ3) is 4.20. The number of nitrogens with zero attached hydrogens (tertiary/aromatic N) is 3. The van der Waals surface area contributed by atoms with E-state index in [2.05, 4.69) is 16.9 Å². The van der Waals surface area contributed by atoms with Crippen LogP contribution in [0.3, 0.4) is 0 Å². The van der Waals surface area contributed by atoms with E-state index >= 15 is 0 Å². The van der Waals surface area contributed by atoms with Gasteiger partial charge in [0.15, 0.2) is 0 Å². The van der Waals surface area contributed by atoms with Gasteiger partial charge in [0.1, 0.15) is 0 Å². The first-order valence-electron chi connectivity index (χ1n) is 8.62. The third-order valence-corrected chi connectivity index (χ3v) is 4.67. The minimum atomic E-state index is -4.55. The van der Waals surface area contributed by atoms with Gasteiger partial charge in [0.2, 0.25) is 11.7 Å². The Balaban J connectivity index is 1.67. The maximum atomic E-state index is 12.5. The summed E-state index contributed by atoms with van der Waals surface area (Å²) in [5.41, 5.74) is 2.09. The van der Waals surface area contributed by atoms with Gasteiger partial charge < -0.3 is 4.90 Å². The number of piperidine rings is 1. The Bertz CT molecular complexity index is 757. The van der Waals surface area contributed by atoms with E-state index in [0.29, 0.717) is 17.5 Å². The fraction of sp³-hybridized carbons (Fsp3) is 0.421. The molecule has 7 heteroatoms. The molecule has 26 heavy (non-hydrogen) atoms. The predicted octanol–water partition coefficient (Wildman–Crippen LogP) is 4.11. The molecule has 0 saturated carbocycles. The zero-order valence-corrected chi connectivity index (χ0v) is 14.5. The highest BCUT2D eigenvalue weighted by molar-refractivity contribution is 5.79. The van der Waals surface area contributed by atoms with E-state index in [0.717, 1.165) is 43.8 Å². The molecular weight excluding hydrogens is 343 g/mol. The molecule has 0 radical (unpaired) electrons. The minimum absolute atomic E-state index is 0.114. The highest BCUT2D eigenvalue weighted by atomic mass is 19.4. The van der Waals surface area contributed by atoms with Gasteiger partial charge in [-0.1, -0.05) is 24.3 Å². The summed E-state index contributed by atoms with van der Waals surface area (Å²) in [7, 11) is 0. The summed E-state index contributed by atoms with van der Waals surface area (Å²) in [6.45, 7) is 2.88. The predicted molar refractivity (Wildman–Crippen MR) is 91.2 cm³/mol. The first-order chi connectivity index (χ1) is 12.3. The lowest BCUT2D eigenvalue weighted by Gasteiger charge is -2.33. The summed E-state index contributed by atoms with van der Waals surface area (Å²) in [6.07, 6.45) is 1.34. The molecule has 2 aromatic rings. The maximum absolute atomic E-state index is 12.5. The van der Waals surface area contributed by atoms with E-state index < -0.39 is 12.0 Å². The summed E-state index contributed by atoms with van der Waals surface area (Å²) >= 11 is 0. The van der Waals surface area contributed by atoms with Crippen molar-refractivity contribution in [2.75, 3.05) is 6.54 Å². The standard InChI is InChI=1S/C19H20F3N3O/c1-13-4-2-3-9-25(13)17(26)10-14-5-7-15(8-6-14)16-11-23-18(24-12-16)19(20,21)22/h5-8,11-13H,2-4,9-10H2,1H3/t13-/m0/s1. The highest BCUT2D eigenvalue weighted by Gasteiger charge is 2.34. The number of carbonyl (C=O) groups is 1. The number of aromatic nitrogens is 2. The van der Waals surface area contributed by atoms with Gasteiger partial charge in [0.05, 0.1) is 6.42 Å². The van der Waals surface area contributed by atoms with E-state index in [4.69, 9.17) is 0 Å². The van der Waals surface area contributed by atoms with Crippen LogP contribution in [-0.2, 0) is 17.4 Å². The molecule has 2 heterocycles. The molecule has 0 unspecified atom stereocenters. The molecule has 3 rings (SSSR count). The Labute approximate surface area is 150 Å². The van der Waals surface area contributed by atoms with Crippen molar-refractivity contribution >= 4 is 5.91 Å². The second kappa shape index (κ2) is 7.43. The molecule has 1 aliphatic heterocycles. The fourth-order valence-corrected chi connectivity index (χ4v) is 3.18. The lowest BCUT2D eigenvalue weighted by molar-refractivity contribution is -0.145. The molecule has 0 aliphatic carbocycles. The number of likely N-dealkylation sites (tertiary alicyclic amines) is 1. The molecule has 1 fully saturated rings. The molecule has 0 bridgehead atoms. The zero-order valence-electron chi connectivity index (χ0n) is 14.5. The van der Waals surface area contributed by atoms with Crippen LogP contribution < -0.4 is 0 Å². The summed E-state index contributed by atoms with van der Waals surface area (Å²) in [6, 6.07) is 7.46. The van der Waals surface area contributed by atoms with Crippen molar-refractivity contribution in [2.45, 2.75) is 44.8 Å². The number of benzene rings is 1.